The lowest BCUT2D eigenvalue weighted by atomic mass is 9.93. The van der Waals surface area contributed by atoms with Crippen molar-refractivity contribution in [2.45, 2.75) is 63.7 Å². The van der Waals surface area contributed by atoms with Gasteiger partial charge in [-0.1, -0.05) is 13.8 Å². The molecule has 108 valence electrons. The van der Waals surface area contributed by atoms with Gasteiger partial charge in [-0.25, -0.2) is 0 Å². The van der Waals surface area contributed by atoms with Crippen molar-refractivity contribution in [3.8, 4) is 0 Å². The minimum atomic E-state index is 0.436. The summed E-state index contributed by atoms with van der Waals surface area (Å²) in [7, 11) is 0. The molecular weight excluding hydrogens is 270 g/mol. The number of aryl methyl sites for hydroxylation is 1. The smallest absolute Gasteiger partial charge is 0.0288 e. The molecule has 0 spiro atoms. The molecule has 0 aromatic carbocycles. The summed E-state index contributed by atoms with van der Waals surface area (Å²) in [6, 6.07) is 5.27. The third-order valence-electron chi connectivity index (χ3n) is 4.10. The van der Waals surface area contributed by atoms with Gasteiger partial charge in [0, 0.05) is 20.5 Å². The average molecular weight is 298 g/mol. The van der Waals surface area contributed by atoms with Crippen LogP contribution >= 0.6 is 23.1 Å². The fourth-order valence-electron chi connectivity index (χ4n) is 2.82. The molecule has 2 heterocycles. The van der Waals surface area contributed by atoms with Gasteiger partial charge in [0.25, 0.3) is 0 Å². The fourth-order valence-corrected chi connectivity index (χ4v) is 5.24. The Hall–Kier alpha value is 0.01000. The van der Waals surface area contributed by atoms with Crippen LogP contribution in [0, 0.1) is 0 Å². The average Bonchev–Trinajstić information content (AvgIpc) is 3.04. The number of rotatable bonds is 7. The second kappa shape index (κ2) is 7.14. The van der Waals surface area contributed by atoms with Crippen molar-refractivity contribution < 1.29 is 0 Å². The Morgan fingerprint density at radius 1 is 1.32 bits per heavy atom. The highest BCUT2D eigenvalue weighted by atomic mass is 32.2. The lowest BCUT2D eigenvalue weighted by Crippen LogP contribution is -2.46. The minimum Gasteiger partial charge on any atom is -0.312 e. The monoisotopic (exact) mass is 297 g/mol. The highest BCUT2D eigenvalue weighted by Gasteiger charge is 2.37. The molecule has 0 amide bonds. The molecule has 2 unspecified atom stereocenters. The summed E-state index contributed by atoms with van der Waals surface area (Å²) < 4.78 is 0.436. The van der Waals surface area contributed by atoms with E-state index in [1.54, 1.807) is 4.88 Å². The standard InChI is InChI=1S/C16H27NS2/c1-4-10-17-15(16(3)9-6-11-18-16)12-14-8-7-13(5-2)19-14/h7-8,15,17H,4-6,9-12H2,1-3H3. The Kier molecular flexibility index (Phi) is 5.79. The molecule has 1 aromatic rings. The van der Waals surface area contributed by atoms with Gasteiger partial charge in [0.2, 0.25) is 0 Å². The Morgan fingerprint density at radius 3 is 2.68 bits per heavy atom. The van der Waals surface area contributed by atoms with Crippen molar-refractivity contribution in [3.63, 3.8) is 0 Å². The Balaban J connectivity index is 2.04. The summed E-state index contributed by atoms with van der Waals surface area (Å²) in [5.74, 6) is 1.34. The van der Waals surface area contributed by atoms with Gasteiger partial charge < -0.3 is 5.32 Å². The van der Waals surface area contributed by atoms with Gasteiger partial charge in [-0.3, -0.25) is 0 Å². The van der Waals surface area contributed by atoms with E-state index in [1.165, 1.54) is 42.7 Å². The molecule has 3 heteroatoms. The molecule has 1 aromatic heterocycles. The number of thioether (sulfide) groups is 1. The minimum absolute atomic E-state index is 0.436. The predicted octanol–water partition coefficient (Wildman–Crippen LogP) is 4.51. The van der Waals surface area contributed by atoms with E-state index < -0.39 is 0 Å². The van der Waals surface area contributed by atoms with Crippen LogP contribution in [0.3, 0.4) is 0 Å². The molecule has 1 nitrogen and oxygen atoms in total. The summed E-state index contributed by atoms with van der Waals surface area (Å²) in [6.45, 7) is 8.12. The predicted molar refractivity (Wildman–Crippen MR) is 89.6 cm³/mol. The van der Waals surface area contributed by atoms with Crippen molar-refractivity contribution in [1.82, 2.24) is 5.32 Å². The third-order valence-corrected chi connectivity index (χ3v) is 6.99. The summed E-state index contributed by atoms with van der Waals surface area (Å²) in [5, 5.41) is 3.81. The van der Waals surface area contributed by atoms with E-state index in [0.29, 0.717) is 10.8 Å². The van der Waals surface area contributed by atoms with E-state index in [1.807, 2.05) is 11.3 Å². The van der Waals surface area contributed by atoms with Crippen molar-refractivity contribution >= 4 is 23.1 Å². The van der Waals surface area contributed by atoms with Gasteiger partial charge >= 0.3 is 0 Å². The molecule has 0 saturated carbocycles. The quantitative estimate of drug-likeness (QED) is 0.795. The molecule has 1 saturated heterocycles. The Morgan fingerprint density at radius 2 is 2.11 bits per heavy atom. The molecule has 0 aliphatic carbocycles. The molecule has 0 radical (unpaired) electrons. The summed E-state index contributed by atoms with van der Waals surface area (Å²) in [4.78, 5) is 3.08. The van der Waals surface area contributed by atoms with Crippen LogP contribution in [0.5, 0.6) is 0 Å². The first-order valence-corrected chi connectivity index (χ1v) is 9.43. The van der Waals surface area contributed by atoms with Gasteiger partial charge in [-0.2, -0.15) is 11.8 Å². The summed E-state index contributed by atoms with van der Waals surface area (Å²) in [5.41, 5.74) is 0. The van der Waals surface area contributed by atoms with E-state index in [2.05, 4.69) is 50.0 Å². The van der Waals surface area contributed by atoms with Crippen LogP contribution in [0.4, 0.5) is 0 Å². The zero-order chi connectivity index (χ0) is 13.7. The fraction of sp³-hybridized carbons (Fsp3) is 0.750. The first-order valence-electron chi connectivity index (χ1n) is 7.63. The maximum absolute atomic E-state index is 3.81. The largest absolute Gasteiger partial charge is 0.312 e. The highest BCUT2D eigenvalue weighted by molar-refractivity contribution is 8.00. The second-order valence-electron chi connectivity index (χ2n) is 5.70. The van der Waals surface area contributed by atoms with Gasteiger partial charge in [0.05, 0.1) is 0 Å². The highest BCUT2D eigenvalue weighted by Crippen LogP contribution is 2.41. The number of thiophene rings is 1. The van der Waals surface area contributed by atoms with Crippen molar-refractivity contribution in [2.24, 2.45) is 0 Å². The van der Waals surface area contributed by atoms with Gasteiger partial charge in [0.15, 0.2) is 0 Å². The molecule has 1 aliphatic heterocycles. The summed E-state index contributed by atoms with van der Waals surface area (Å²) >= 11 is 4.18. The van der Waals surface area contributed by atoms with Crippen LogP contribution in [0.1, 0.15) is 49.8 Å². The molecular formula is C16H27NS2. The third kappa shape index (κ3) is 3.99. The van der Waals surface area contributed by atoms with Gasteiger partial charge in [0.1, 0.15) is 0 Å². The van der Waals surface area contributed by atoms with Gasteiger partial charge in [-0.05, 0) is 63.5 Å². The second-order valence-corrected chi connectivity index (χ2v) is 8.58. The van der Waals surface area contributed by atoms with Crippen LogP contribution in [0.2, 0.25) is 0 Å². The first-order chi connectivity index (χ1) is 9.18. The maximum atomic E-state index is 3.81. The van der Waals surface area contributed by atoms with E-state index in [9.17, 15) is 0 Å². The van der Waals surface area contributed by atoms with E-state index >= 15 is 0 Å². The number of nitrogens with one attached hydrogen (secondary N) is 1. The molecule has 1 aliphatic rings. The molecule has 2 rings (SSSR count). The molecule has 2 atom stereocenters. The Bertz CT molecular complexity index is 380. The normalized spacial score (nSPS) is 24.8. The zero-order valence-corrected chi connectivity index (χ0v) is 14.1. The lowest BCUT2D eigenvalue weighted by molar-refractivity contribution is 0.400. The van der Waals surface area contributed by atoms with Gasteiger partial charge in [-0.15, -0.1) is 11.3 Å². The molecule has 0 bridgehead atoms. The Labute approximate surface area is 126 Å². The van der Waals surface area contributed by atoms with Crippen LogP contribution in [-0.2, 0) is 12.8 Å². The topological polar surface area (TPSA) is 12.0 Å². The zero-order valence-electron chi connectivity index (χ0n) is 12.5. The van der Waals surface area contributed by atoms with Crippen molar-refractivity contribution in [3.05, 3.63) is 21.9 Å². The van der Waals surface area contributed by atoms with Crippen molar-refractivity contribution in [1.29, 1.82) is 0 Å². The molecule has 19 heavy (non-hydrogen) atoms. The first kappa shape index (κ1) is 15.4. The van der Waals surface area contributed by atoms with Crippen LogP contribution < -0.4 is 5.32 Å². The number of hydrogen-bond donors (Lipinski definition) is 1. The lowest BCUT2D eigenvalue weighted by Gasteiger charge is -2.34. The molecule has 1 N–H and O–H groups in total. The maximum Gasteiger partial charge on any atom is 0.0288 e. The van der Waals surface area contributed by atoms with Crippen LogP contribution in [0.15, 0.2) is 12.1 Å². The summed E-state index contributed by atoms with van der Waals surface area (Å²) in [6.07, 6.45) is 6.35. The number of hydrogen-bond acceptors (Lipinski definition) is 3. The van der Waals surface area contributed by atoms with E-state index in [4.69, 9.17) is 0 Å². The van der Waals surface area contributed by atoms with Crippen LogP contribution in [-0.4, -0.2) is 23.1 Å². The molecule has 1 fully saturated rings. The van der Waals surface area contributed by atoms with Crippen LogP contribution in [0.25, 0.3) is 0 Å². The SMILES string of the molecule is CCCNC(Cc1ccc(CC)s1)C1(C)CCCS1. The van der Waals surface area contributed by atoms with Crippen molar-refractivity contribution in [2.75, 3.05) is 12.3 Å². The van der Waals surface area contributed by atoms with E-state index in [0.717, 1.165) is 6.54 Å². The van der Waals surface area contributed by atoms with E-state index in [-0.39, 0.29) is 0 Å².